The molecule has 0 saturated heterocycles. The van der Waals surface area contributed by atoms with Crippen molar-refractivity contribution in [2.75, 3.05) is 19.5 Å². The number of benzene rings is 2. The van der Waals surface area contributed by atoms with E-state index >= 15 is 0 Å². The summed E-state index contributed by atoms with van der Waals surface area (Å²) in [6, 6.07) is 13.9. The first-order valence-electron chi connectivity index (χ1n) is 11.1. The van der Waals surface area contributed by atoms with Crippen molar-refractivity contribution in [2.24, 2.45) is 5.41 Å². The van der Waals surface area contributed by atoms with Crippen LogP contribution in [0.2, 0.25) is 0 Å². The van der Waals surface area contributed by atoms with Crippen molar-refractivity contribution in [2.45, 2.75) is 33.6 Å². The zero-order valence-corrected chi connectivity index (χ0v) is 20.0. The lowest BCUT2D eigenvalue weighted by Crippen LogP contribution is -2.37. The maximum atomic E-state index is 13.7. The average molecular weight is 461 g/mol. The second-order valence-corrected chi connectivity index (χ2v) is 9.36. The molecule has 1 N–H and O–H groups in total. The fourth-order valence-electron chi connectivity index (χ4n) is 4.34. The molecule has 1 aromatic heterocycles. The van der Waals surface area contributed by atoms with Crippen molar-refractivity contribution >= 4 is 17.4 Å². The van der Waals surface area contributed by atoms with Crippen molar-refractivity contribution in [3.8, 4) is 17.2 Å². The lowest BCUT2D eigenvalue weighted by molar-refractivity contribution is 0.0908. The van der Waals surface area contributed by atoms with Gasteiger partial charge in [-0.1, -0.05) is 31.5 Å². The lowest BCUT2D eigenvalue weighted by atomic mass is 9.75. The molecule has 3 aromatic rings. The quantitative estimate of drug-likeness (QED) is 0.603. The fourth-order valence-corrected chi connectivity index (χ4v) is 4.34. The number of aromatic nitrogens is 1. The minimum atomic E-state index is -0.616. The number of ether oxygens (including phenoxy) is 2. The van der Waals surface area contributed by atoms with Gasteiger partial charge in [0.2, 0.25) is 0 Å². The van der Waals surface area contributed by atoms with Crippen LogP contribution in [0.1, 0.15) is 52.2 Å². The van der Waals surface area contributed by atoms with Gasteiger partial charge < -0.3 is 14.8 Å². The highest BCUT2D eigenvalue weighted by atomic mass is 16.5. The molecule has 7 heteroatoms. The summed E-state index contributed by atoms with van der Waals surface area (Å²) >= 11 is 0. The predicted octanol–water partition coefficient (Wildman–Crippen LogP) is 4.57. The molecule has 1 aliphatic carbocycles. The van der Waals surface area contributed by atoms with Gasteiger partial charge in [0.15, 0.2) is 5.78 Å². The van der Waals surface area contributed by atoms with Crippen LogP contribution in [-0.2, 0) is 6.42 Å². The van der Waals surface area contributed by atoms with E-state index in [1.54, 1.807) is 18.2 Å². The Morgan fingerprint density at radius 2 is 1.68 bits per heavy atom. The molecular weight excluding hydrogens is 432 g/mol. The third kappa shape index (κ3) is 4.33. The number of methoxy groups -OCH3 is 2. The number of carbonyl (C=O) groups is 2. The molecule has 1 amide bonds. The van der Waals surface area contributed by atoms with E-state index in [2.05, 4.69) is 5.32 Å². The topological polar surface area (TPSA) is 86.6 Å². The number of pyridine rings is 1. The number of nitrogens with one attached hydrogen (secondary N) is 1. The monoisotopic (exact) mass is 460 g/mol. The van der Waals surface area contributed by atoms with E-state index in [1.165, 1.54) is 24.9 Å². The molecule has 0 aliphatic heterocycles. The van der Waals surface area contributed by atoms with Crippen molar-refractivity contribution in [3.05, 3.63) is 81.3 Å². The van der Waals surface area contributed by atoms with E-state index in [-0.39, 0.29) is 16.8 Å². The summed E-state index contributed by atoms with van der Waals surface area (Å²) in [6.07, 6.45) is 0.894. The van der Waals surface area contributed by atoms with Crippen LogP contribution < -0.4 is 20.3 Å². The molecule has 0 atom stereocenters. The van der Waals surface area contributed by atoms with Crippen LogP contribution in [0.4, 0.5) is 5.69 Å². The van der Waals surface area contributed by atoms with Gasteiger partial charge in [0, 0.05) is 29.4 Å². The van der Waals surface area contributed by atoms with Gasteiger partial charge in [-0.25, -0.2) is 0 Å². The van der Waals surface area contributed by atoms with Crippen LogP contribution in [-0.4, -0.2) is 30.5 Å². The van der Waals surface area contributed by atoms with Gasteiger partial charge in [0.05, 0.1) is 19.9 Å². The SMILES string of the molecule is COc1ccc(NC(=O)c2cc3c(n(-c4ccc(C)cc4)c2=O)CC(C)(C)CC3=O)c(OC)c1. The van der Waals surface area contributed by atoms with Gasteiger partial charge in [-0.2, -0.15) is 0 Å². The largest absolute Gasteiger partial charge is 0.497 e. The third-order valence-electron chi connectivity index (χ3n) is 6.08. The number of hydrogen-bond acceptors (Lipinski definition) is 5. The van der Waals surface area contributed by atoms with Crippen LogP contribution in [0.5, 0.6) is 11.5 Å². The molecular formula is C27H28N2O5. The number of Topliss-reactive ketones (excluding diaryl/α,β-unsaturated/α-hetero) is 1. The molecule has 1 heterocycles. The highest BCUT2D eigenvalue weighted by Crippen LogP contribution is 2.35. The summed E-state index contributed by atoms with van der Waals surface area (Å²) in [5.74, 6) is 0.263. The standard InChI is InChI=1S/C27H28N2O5/c1-16-6-8-17(9-7-16)29-22-14-27(2,3)15-23(30)19(22)13-20(26(29)32)25(31)28-21-11-10-18(33-4)12-24(21)34-5/h6-13H,14-15H2,1-5H3,(H,28,31). The first-order valence-corrected chi connectivity index (χ1v) is 11.1. The van der Waals surface area contributed by atoms with Crippen LogP contribution in [0, 0.1) is 12.3 Å². The zero-order chi connectivity index (χ0) is 24.6. The molecule has 2 aromatic carbocycles. The minimum absolute atomic E-state index is 0.0804. The van der Waals surface area contributed by atoms with Gasteiger partial charge >= 0.3 is 0 Å². The summed E-state index contributed by atoms with van der Waals surface area (Å²) in [4.78, 5) is 40.0. The summed E-state index contributed by atoms with van der Waals surface area (Å²) in [5, 5.41) is 2.75. The van der Waals surface area contributed by atoms with Gasteiger partial charge in [-0.15, -0.1) is 0 Å². The van der Waals surface area contributed by atoms with E-state index < -0.39 is 11.5 Å². The molecule has 34 heavy (non-hydrogen) atoms. The maximum Gasteiger partial charge on any atom is 0.268 e. The second kappa shape index (κ2) is 8.82. The number of aryl methyl sites for hydroxylation is 1. The number of ketones is 1. The molecule has 0 fully saturated rings. The number of amides is 1. The van der Waals surface area contributed by atoms with Crippen molar-refractivity contribution in [3.63, 3.8) is 0 Å². The van der Waals surface area contributed by atoms with E-state index in [0.717, 1.165) is 5.56 Å². The van der Waals surface area contributed by atoms with Crippen molar-refractivity contribution < 1.29 is 19.1 Å². The highest BCUT2D eigenvalue weighted by molar-refractivity contribution is 6.07. The summed E-state index contributed by atoms with van der Waals surface area (Å²) < 4.78 is 12.1. The summed E-state index contributed by atoms with van der Waals surface area (Å²) in [5.41, 5.74) is 2.23. The van der Waals surface area contributed by atoms with Crippen molar-refractivity contribution in [1.29, 1.82) is 0 Å². The first kappa shape index (κ1) is 23.3. The average Bonchev–Trinajstić information content (AvgIpc) is 2.79. The van der Waals surface area contributed by atoms with Gasteiger partial charge in [-0.3, -0.25) is 19.0 Å². The number of carbonyl (C=O) groups excluding carboxylic acids is 2. The Labute approximate surface area is 198 Å². The number of anilines is 1. The Bertz CT molecular complexity index is 1340. The van der Waals surface area contributed by atoms with E-state index in [4.69, 9.17) is 9.47 Å². The molecule has 0 spiro atoms. The molecule has 176 valence electrons. The molecule has 0 radical (unpaired) electrons. The Kier molecular flexibility index (Phi) is 6.04. The normalized spacial score (nSPS) is 14.3. The Hall–Kier alpha value is -3.87. The summed E-state index contributed by atoms with van der Waals surface area (Å²) in [7, 11) is 3.01. The molecule has 1 aliphatic rings. The van der Waals surface area contributed by atoms with Crippen LogP contribution in [0.3, 0.4) is 0 Å². The molecule has 7 nitrogen and oxygen atoms in total. The van der Waals surface area contributed by atoms with E-state index in [0.29, 0.717) is 47.0 Å². The first-order chi connectivity index (χ1) is 16.1. The lowest BCUT2D eigenvalue weighted by Gasteiger charge is -2.32. The van der Waals surface area contributed by atoms with Crippen LogP contribution >= 0.6 is 0 Å². The Balaban J connectivity index is 1.86. The minimum Gasteiger partial charge on any atom is -0.497 e. The number of nitrogens with zero attached hydrogens (tertiary/aromatic N) is 1. The molecule has 0 unspecified atom stereocenters. The predicted molar refractivity (Wildman–Crippen MR) is 131 cm³/mol. The van der Waals surface area contributed by atoms with E-state index in [1.807, 2.05) is 45.0 Å². The van der Waals surface area contributed by atoms with Gasteiger partial charge in [0.1, 0.15) is 17.1 Å². The molecule has 4 rings (SSSR count). The highest BCUT2D eigenvalue weighted by Gasteiger charge is 2.35. The summed E-state index contributed by atoms with van der Waals surface area (Å²) in [6.45, 7) is 5.98. The zero-order valence-electron chi connectivity index (χ0n) is 20.0. The van der Waals surface area contributed by atoms with Crippen LogP contribution in [0.25, 0.3) is 5.69 Å². The van der Waals surface area contributed by atoms with Crippen LogP contribution in [0.15, 0.2) is 53.3 Å². The van der Waals surface area contributed by atoms with Crippen molar-refractivity contribution in [1.82, 2.24) is 4.57 Å². The number of fused-ring (bicyclic) bond motifs is 1. The third-order valence-corrected chi connectivity index (χ3v) is 6.08. The molecule has 0 bridgehead atoms. The van der Waals surface area contributed by atoms with Gasteiger partial charge in [-0.05, 0) is 49.1 Å². The fraction of sp³-hybridized carbons (Fsp3) is 0.296. The Morgan fingerprint density at radius 1 is 0.971 bits per heavy atom. The number of rotatable bonds is 5. The molecule has 0 saturated carbocycles. The Morgan fingerprint density at radius 3 is 2.32 bits per heavy atom. The van der Waals surface area contributed by atoms with E-state index in [9.17, 15) is 14.4 Å². The number of hydrogen-bond donors (Lipinski definition) is 1. The second-order valence-electron chi connectivity index (χ2n) is 9.36. The smallest absolute Gasteiger partial charge is 0.268 e. The maximum absolute atomic E-state index is 13.7. The van der Waals surface area contributed by atoms with Gasteiger partial charge in [0.25, 0.3) is 11.5 Å².